The van der Waals surface area contributed by atoms with Crippen LogP contribution in [-0.2, 0) is 6.42 Å². The van der Waals surface area contributed by atoms with Crippen LogP contribution < -0.4 is 5.32 Å². The molecule has 0 unspecified atom stereocenters. The van der Waals surface area contributed by atoms with Gasteiger partial charge in [-0.2, -0.15) is 0 Å². The van der Waals surface area contributed by atoms with Gasteiger partial charge in [0.2, 0.25) is 0 Å². The zero-order valence-corrected chi connectivity index (χ0v) is 11.5. The Morgan fingerprint density at radius 2 is 2.05 bits per heavy atom. The lowest BCUT2D eigenvalue weighted by atomic mass is 10.1. The molecule has 1 aromatic carbocycles. The number of hydrogen-bond acceptors (Lipinski definition) is 3. The summed E-state index contributed by atoms with van der Waals surface area (Å²) in [7, 11) is 1.90. The summed E-state index contributed by atoms with van der Waals surface area (Å²) in [6.07, 6.45) is 8.63. The number of nitrogens with one attached hydrogen (secondary N) is 1. The molecule has 1 heterocycles. The summed E-state index contributed by atoms with van der Waals surface area (Å²) in [5, 5.41) is 12.5. The first-order chi connectivity index (χ1) is 9.24. The average Bonchev–Trinajstić information content (AvgIpc) is 2.46. The summed E-state index contributed by atoms with van der Waals surface area (Å²) >= 11 is 5.02. The van der Waals surface area contributed by atoms with E-state index in [4.69, 9.17) is 12.2 Å². The lowest BCUT2D eigenvalue weighted by Gasteiger charge is -2.22. The second-order valence-corrected chi connectivity index (χ2v) is 4.38. The van der Waals surface area contributed by atoms with Crippen molar-refractivity contribution in [2.45, 2.75) is 6.42 Å². The molecule has 0 aromatic heterocycles. The van der Waals surface area contributed by atoms with Crippen molar-refractivity contribution in [1.29, 1.82) is 0 Å². The minimum Gasteiger partial charge on any atom is -0.508 e. The number of aromatic hydroxyl groups is 1. The summed E-state index contributed by atoms with van der Waals surface area (Å²) in [5.41, 5.74) is 4.85. The number of phenols is 1. The molecule has 19 heavy (non-hydrogen) atoms. The van der Waals surface area contributed by atoms with Crippen LogP contribution in [0, 0.1) is 0 Å². The molecular formula is C15H16N2OS. The highest BCUT2D eigenvalue weighted by atomic mass is 32.1. The van der Waals surface area contributed by atoms with Crippen LogP contribution in [0.5, 0.6) is 5.75 Å². The van der Waals surface area contributed by atoms with E-state index < -0.39 is 0 Å². The van der Waals surface area contributed by atoms with Crippen molar-refractivity contribution in [3.05, 3.63) is 65.7 Å². The van der Waals surface area contributed by atoms with E-state index in [0.29, 0.717) is 0 Å². The Labute approximate surface area is 118 Å². The molecule has 3 nitrogen and oxygen atoms in total. The molecule has 0 amide bonds. The maximum absolute atomic E-state index is 9.30. The second kappa shape index (κ2) is 6.20. The third kappa shape index (κ3) is 3.23. The van der Waals surface area contributed by atoms with Gasteiger partial charge >= 0.3 is 0 Å². The largest absolute Gasteiger partial charge is 0.508 e. The van der Waals surface area contributed by atoms with Crippen molar-refractivity contribution in [3.63, 3.8) is 0 Å². The minimum absolute atomic E-state index is 0.281. The zero-order valence-electron chi connectivity index (χ0n) is 10.7. The number of rotatable bonds is 4. The first-order valence-electron chi connectivity index (χ1n) is 6.02. The Morgan fingerprint density at radius 1 is 1.32 bits per heavy atom. The van der Waals surface area contributed by atoms with Gasteiger partial charge in [0.05, 0.1) is 11.2 Å². The molecule has 2 rings (SSSR count). The van der Waals surface area contributed by atoms with E-state index >= 15 is 0 Å². The Balaban J connectivity index is 2.28. The summed E-state index contributed by atoms with van der Waals surface area (Å²) in [4.78, 5) is 1.90. The van der Waals surface area contributed by atoms with E-state index in [1.165, 1.54) is 0 Å². The predicted octanol–water partition coefficient (Wildman–Crippen LogP) is 2.71. The van der Waals surface area contributed by atoms with Gasteiger partial charge in [0.25, 0.3) is 0 Å². The summed E-state index contributed by atoms with van der Waals surface area (Å²) in [6, 6.07) is 7.22. The molecule has 1 aliphatic rings. The molecule has 0 atom stereocenters. The highest BCUT2D eigenvalue weighted by molar-refractivity contribution is 7.78. The maximum atomic E-state index is 9.30. The predicted molar refractivity (Wildman–Crippen MR) is 81.7 cm³/mol. The fourth-order valence-electron chi connectivity index (χ4n) is 1.93. The van der Waals surface area contributed by atoms with Gasteiger partial charge in [0, 0.05) is 25.4 Å². The molecule has 98 valence electrons. The number of allylic oxidation sites excluding steroid dienone is 4. The van der Waals surface area contributed by atoms with E-state index in [1.54, 1.807) is 17.6 Å². The van der Waals surface area contributed by atoms with E-state index in [9.17, 15) is 5.11 Å². The normalized spacial score (nSPS) is 16.4. The van der Waals surface area contributed by atoms with Gasteiger partial charge in [0.1, 0.15) is 5.75 Å². The van der Waals surface area contributed by atoms with Crippen LogP contribution in [0.15, 0.2) is 60.1 Å². The first kappa shape index (κ1) is 13.4. The van der Waals surface area contributed by atoms with Crippen LogP contribution in [0.2, 0.25) is 0 Å². The summed E-state index contributed by atoms with van der Waals surface area (Å²) in [5.74, 6) is 0.281. The van der Waals surface area contributed by atoms with Crippen LogP contribution in [0.25, 0.3) is 0 Å². The number of phenolic OH excluding ortho intramolecular Hbond substituents is 1. The fraction of sp³-hybridized carbons (Fsp3) is 0.133. The van der Waals surface area contributed by atoms with Gasteiger partial charge in [-0.05, 0) is 29.8 Å². The minimum atomic E-state index is 0.281. The van der Waals surface area contributed by atoms with Crippen molar-refractivity contribution in [1.82, 2.24) is 10.2 Å². The van der Waals surface area contributed by atoms with Crippen molar-refractivity contribution in [2.24, 2.45) is 0 Å². The summed E-state index contributed by atoms with van der Waals surface area (Å²) < 4.78 is 0. The maximum Gasteiger partial charge on any atom is 0.115 e. The number of thiocarbonyl (C=S) groups is 1. The van der Waals surface area contributed by atoms with Crippen molar-refractivity contribution in [2.75, 3.05) is 7.05 Å². The first-order valence-corrected chi connectivity index (χ1v) is 6.49. The third-order valence-electron chi connectivity index (χ3n) is 2.93. The lowest BCUT2D eigenvalue weighted by Crippen LogP contribution is -2.21. The molecule has 1 aliphatic heterocycles. The molecular weight excluding hydrogens is 256 g/mol. The number of likely N-dealkylation sites (N-methyl/N-ethyl adjacent to an activating group) is 1. The van der Waals surface area contributed by atoms with Gasteiger partial charge in [-0.1, -0.05) is 30.4 Å². The Hall–Kier alpha value is -2.07. The second-order valence-electron chi connectivity index (χ2n) is 4.17. The standard InChI is InChI=1S/C15H16N2OS/c1-16-14(10-12-5-7-13(18)8-6-12)15-4-2-3-9-17(15)11-19/h2-9,11,16,18H,10H2,1H3/b15-14-. The van der Waals surface area contributed by atoms with E-state index in [-0.39, 0.29) is 5.75 Å². The Kier molecular flexibility index (Phi) is 4.36. The quantitative estimate of drug-likeness (QED) is 0.826. The van der Waals surface area contributed by atoms with Gasteiger partial charge < -0.3 is 15.3 Å². The fourth-order valence-corrected chi connectivity index (χ4v) is 2.11. The SMILES string of the molecule is CN/C(Cc1ccc(O)cc1)=C1/C=CC=CN1C=S. The van der Waals surface area contributed by atoms with Gasteiger partial charge in [-0.3, -0.25) is 0 Å². The topological polar surface area (TPSA) is 35.5 Å². The molecule has 0 bridgehead atoms. The third-order valence-corrected chi connectivity index (χ3v) is 3.16. The monoisotopic (exact) mass is 272 g/mol. The van der Waals surface area contributed by atoms with E-state index in [2.05, 4.69) is 5.32 Å². The van der Waals surface area contributed by atoms with Crippen LogP contribution in [-0.4, -0.2) is 22.5 Å². The van der Waals surface area contributed by atoms with Crippen molar-refractivity contribution < 1.29 is 5.11 Å². The molecule has 0 spiro atoms. The lowest BCUT2D eigenvalue weighted by molar-refractivity contribution is 0.475. The van der Waals surface area contributed by atoms with Gasteiger partial charge in [-0.15, -0.1) is 0 Å². The van der Waals surface area contributed by atoms with Crippen molar-refractivity contribution in [3.8, 4) is 5.75 Å². The van der Waals surface area contributed by atoms with Crippen LogP contribution in [0.1, 0.15) is 5.56 Å². The Morgan fingerprint density at radius 3 is 2.68 bits per heavy atom. The number of hydrogen-bond donors (Lipinski definition) is 2. The molecule has 4 heteroatoms. The zero-order chi connectivity index (χ0) is 13.7. The molecule has 0 fully saturated rings. The molecule has 0 aliphatic carbocycles. The Bertz CT molecular complexity index is 544. The summed E-state index contributed by atoms with van der Waals surface area (Å²) in [6.45, 7) is 0. The molecule has 2 N–H and O–H groups in total. The molecule has 1 aromatic rings. The van der Waals surface area contributed by atoms with E-state index in [1.807, 2.05) is 48.5 Å². The highest BCUT2D eigenvalue weighted by Crippen LogP contribution is 2.18. The molecule has 0 radical (unpaired) electrons. The average molecular weight is 272 g/mol. The molecule has 0 saturated carbocycles. The number of nitrogens with zero attached hydrogens (tertiary/aromatic N) is 1. The van der Waals surface area contributed by atoms with Gasteiger partial charge in [-0.25, -0.2) is 0 Å². The van der Waals surface area contributed by atoms with Gasteiger partial charge in [0.15, 0.2) is 0 Å². The smallest absolute Gasteiger partial charge is 0.115 e. The van der Waals surface area contributed by atoms with Crippen LogP contribution >= 0.6 is 12.2 Å². The van der Waals surface area contributed by atoms with Crippen molar-refractivity contribution >= 4 is 17.7 Å². The molecule has 0 saturated heterocycles. The van der Waals surface area contributed by atoms with Crippen LogP contribution in [0.3, 0.4) is 0 Å². The van der Waals surface area contributed by atoms with E-state index in [0.717, 1.165) is 23.4 Å². The highest BCUT2D eigenvalue weighted by Gasteiger charge is 2.10. The number of benzene rings is 1. The van der Waals surface area contributed by atoms with Crippen LogP contribution in [0.4, 0.5) is 0 Å².